The average molecular weight is 483 g/mol. The van der Waals surface area contributed by atoms with Gasteiger partial charge in [-0.05, 0) is 70.6 Å². The number of aromatic nitrogens is 5. The van der Waals surface area contributed by atoms with Gasteiger partial charge in [-0.25, -0.2) is 9.07 Å². The van der Waals surface area contributed by atoms with Crippen molar-refractivity contribution >= 4 is 10.9 Å². The summed E-state index contributed by atoms with van der Waals surface area (Å²) < 4.78 is 15.3. The maximum absolute atomic E-state index is 13.5. The lowest BCUT2D eigenvalue weighted by molar-refractivity contribution is 0.235. The summed E-state index contributed by atoms with van der Waals surface area (Å²) in [5.74, 6) is 0.428. The zero-order valence-electron chi connectivity index (χ0n) is 20.1. The summed E-state index contributed by atoms with van der Waals surface area (Å²) in [6, 6.07) is 24.5. The lowest BCUT2D eigenvalue weighted by Gasteiger charge is -2.22. The fourth-order valence-corrected chi connectivity index (χ4v) is 4.34. The van der Waals surface area contributed by atoms with Crippen molar-refractivity contribution < 1.29 is 4.39 Å². The second-order valence-corrected chi connectivity index (χ2v) is 9.04. The quantitative estimate of drug-likeness (QED) is 0.337. The molecule has 7 nitrogen and oxygen atoms in total. The number of tetrazole rings is 1. The highest BCUT2D eigenvalue weighted by Crippen LogP contribution is 2.17. The number of hydrogen-bond acceptors (Lipinski definition) is 5. The van der Waals surface area contributed by atoms with E-state index in [9.17, 15) is 9.18 Å². The number of benzene rings is 3. The van der Waals surface area contributed by atoms with Gasteiger partial charge in [0, 0.05) is 30.7 Å². The van der Waals surface area contributed by atoms with Crippen LogP contribution in [0.25, 0.3) is 10.9 Å². The number of halogens is 1. The topological polar surface area (TPSA) is 79.7 Å². The van der Waals surface area contributed by atoms with Gasteiger partial charge in [0.1, 0.15) is 5.82 Å². The van der Waals surface area contributed by atoms with E-state index < -0.39 is 0 Å². The van der Waals surface area contributed by atoms with Crippen LogP contribution in [0.1, 0.15) is 28.1 Å². The van der Waals surface area contributed by atoms with Crippen molar-refractivity contribution in [3.05, 3.63) is 123 Å². The van der Waals surface area contributed by atoms with Crippen molar-refractivity contribution in [2.75, 3.05) is 0 Å². The van der Waals surface area contributed by atoms with Gasteiger partial charge in [0.2, 0.25) is 0 Å². The summed E-state index contributed by atoms with van der Waals surface area (Å²) in [6.45, 7) is 4.01. The maximum Gasteiger partial charge on any atom is 0.252 e. The maximum atomic E-state index is 13.5. The van der Waals surface area contributed by atoms with Crippen molar-refractivity contribution in [3.8, 4) is 0 Å². The summed E-state index contributed by atoms with van der Waals surface area (Å²) in [7, 11) is 0. The van der Waals surface area contributed by atoms with E-state index in [0.717, 1.165) is 28.5 Å². The highest BCUT2D eigenvalue weighted by Gasteiger charge is 2.16. The van der Waals surface area contributed by atoms with Crippen LogP contribution in [0.4, 0.5) is 4.39 Å². The first-order valence-electron chi connectivity index (χ1n) is 11.9. The summed E-state index contributed by atoms with van der Waals surface area (Å²) in [5, 5.41) is 13.3. The second kappa shape index (κ2) is 10.6. The molecule has 0 spiro atoms. The van der Waals surface area contributed by atoms with Gasteiger partial charge < -0.3 is 4.98 Å². The molecule has 5 rings (SSSR count). The molecule has 0 amide bonds. The minimum atomic E-state index is -0.281. The van der Waals surface area contributed by atoms with Crippen molar-refractivity contribution in [1.29, 1.82) is 0 Å². The Morgan fingerprint density at radius 3 is 2.53 bits per heavy atom. The third-order valence-corrected chi connectivity index (χ3v) is 6.22. The number of pyridine rings is 1. The fraction of sp³-hybridized carbons (Fsp3) is 0.214. The molecule has 3 aromatic carbocycles. The number of fused-ring (bicyclic) bond motifs is 1. The standard InChI is InChI=1S/C28H27FN6O/c1-20-7-12-26-23(15-20)16-24(28(36)30-26)18-34(17-22-8-10-25(29)11-9-22)19-27-31-32-33-35(27)14-13-21-5-3-2-4-6-21/h2-12,15-16H,13-14,17-19H2,1H3,(H,30,36). The molecule has 0 aliphatic heterocycles. The Balaban J connectivity index is 1.40. The third-order valence-electron chi connectivity index (χ3n) is 6.22. The lowest BCUT2D eigenvalue weighted by atomic mass is 10.1. The first kappa shape index (κ1) is 23.6. The highest BCUT2D eigenvalue weighted by atomic mass is 19.1. The van der Waals surface area contributed by atoms with Crippen molar-refractivity contribution in [2.24, 2.45) is 0 Å². The number of hydrogen-bond donors (Lipinski definition) is 1. The van der Waals surface area contributed by atoms with Crippen LogP contribution in [-0.2, 0) is 32.6 Å². The van der Waals surface area contributed by atoms with E-state index in [1.54, 1.807) is 16.8 Å². The van der Waals surface area contributed by atoms with Crippen LogP contribution in [0.2, 0.25) is 0 Å². The van der Waals surface area contributed by atoms with Crippen LogP contribution in [0.5, 0.6) is 0 Å². The minimum Gasteiger partial charge on any atom is -0.322 e. The molecular weight excluding hydrogens is 455 g/mol. The first-order chi connectivity index (χ1) is 17.5. The van der Waals surface area contributed by atoms with Crippen LogP contribution < -0.4 is 5.56 Å². The summed E-state index contributed by atoms with van der Waals surface area (Å²) >= 11 is 0. The Morgan fingerprint density at radius 1 is 0.917 bits per heavy atom. The average Bonchev–Trinajstić information content (AvgIpc) is 3.32. The highest BCUT2D eigenvalue weighted by molar-refractivity contribution is 5.79. The predicted octanol–water partition coefficient (Wildman–Crippen LogP) is 4.41. The van der Waals surface area contributed by atoms with Crippen molar-refractivity contribution in [2.45, 2.75) is 39.5 Å². The minimum absolute atomic E-state index is 0.126. The molecule has 0 unspecified atom stereocenters. The molecule has 0 bridgehead atoms. The molecule has 0 saturated carbocycles. The van der Waals surface area contributed by atoms with Crippen LogP contribution in [0.15, 0.2) is 83.7 Å². The van der Waals surface area contributed by atoms with Crippen LogP contribution in [0.3, 0.4) is 0 Å². The molecule has 1 N–H and O–H groups in total. The van der Waals surface area contributed by atoms with E-state index in [0.29, 0.717) is 37.6 Å². The summed E-state index contributed by atoms with van der Waals surface area (Å²) in [5.41, 5.74) is 4.61. The molecule has 5 aromatic rings. The molecule has 0 fully saturated rings. The Labute approximate surface area is 208 Å². The van der Waals surface area contributed by atoms with Gasteiger partial charge in [-0.2, -0.15) is 0 Å². The Kier molecular flexibility index (Phi) is 6.95. The van der Waals surface area contributed by atoms with Gasteiger partial charge in [0.15, 0.2) is 5.82 Å². The molecule has 2 heterocycles. The Morgan fingerprint density at radius 2 is 1.72 bits per heavy atom. The normalized spacial score (nSPS) is 11.4. The monoisotopic (exact) mass is 482 g/mol. The van der Waals surface area contributed by atoms with E-state index in [-0.39, 0.29) is 11.4 Å². The number of nitrogens with one attached hydrogen (secondary N) is 1. The fourth-order valence-electron chi connectivity index (χ4n) is 4.34. The molecule has 0 aliphatic carbocycles. The second-order valence-electron chi connectivity index (χ2n) is 9.04. The van der Waals surface area contributed by atoms with Gasteiger partial charge in [-0.3, -0.25) is 9.69 Å². The Hall–Kier alpha value is -4.17. The third kappa shape index (κ3) is 5.72. The van der Waals surface area contributed by atoms with Crippen molar-refractivity contribution in [1.82, 2.24) is 30.1 Å². The molecule has 36 heavy (non-hydrogen) atoms. The van der Waals surface area contributed by atoms with E-state index in [1.165, 1.54) is 17.7 Å². The number of rotatable bonds is 9. The van der Waals surface area contributed by atoms with Crippen LogP contribution in [0, 0.1) is 12.7 Å². The largest absolute Gasteiger partial charge is 0.322 e. The van der Waals surface area contributed by atoms with Gasteiger partial charge in [0.05, 0.1) is 6.54 Å². The van der Waals surface area contributed by atoms with Crippen LogP contribution >= 0.6 is 0 Å². The molecule has 0 atom stereocenters. The summed E-state index contributed by atoms with van der Waals surface area (Å²) in [6.07, 6.45) is 0.806. The van der Waals surface area contributed by atoms with Crippen LogP contribution in [-0.4, -0.2) is 30.1 Å². The van der Waals surface area contributed by atoms with Gasteiger partial charge in [-0.1, -0.05) is 54.1 Å². The van der Waals surface area contributed by atoms with E-state index in [1.807, 2.05) is 43.3 Å². The van der Waals surface area contributed by atoms with Gasteiger partial charge in [0.25, 0.3) is 5.56 Å². The molecule has 2 aromatic heterocycles. The Bertz CT molecular complexity index is 1510. The number of H-pyrrole nitrogens is 1. The summed E-state index contributed by atoms with van der Waals surface area (Å²) in [4.78, 5) is 18.0. The predicted molar refractivity (Wildman–Crippen MR) is 137 cm³/mol. The molecule has 0 saturated heterocycles. The molecule has 0 aliphatic rings. The zero-order valence-corrected chi connectivity index (χ0v) is 20.1. The number of nitrogens with zero attached hydrogens (tertiary/aromatic N) is 5. The van der Waals surface area contributed by atoms with Gasteiger partial charge in [-0.15, -0.1) is 5.10 Å². The van der Waals surface area contributed by atoms with E-state index in [2.05, 4.69) is 43.6 Å². The number of aryl methyl sites for hydroxylation is 3. The zero-order chi connectivity index (χ0) is 24.9. The lowest BCUT2D eigenvalue weighted by Crippen LogP contribution is -2.28. The molecule has 8 heteroatoms. The number of aromatic amines is 1. The van der Waals surface area contributed by atoms with Gasteiger partial charge >= 0.3 is 0 Å². The van der Waals surface area contributed by atoms with E-state index >= 15 is 0 Å². The first-order valence-corrected chi connectivity index (χ1v) is 11.9. The smallest absolute Gasteiger partial charge is 0.252 e. The van der Waals surface area contributed by atoms with Crippen molar-refractivity contribution in [3.63, 3.8) is 0 Å². The molecular formula is C28H27FN6O. The molecule has 0 radical (unpaired) electrons. The SMILES string of the molecule is Cc1ccc2[nH]c(=O)c(CN(Cc3ccc(F)cc3)Cc3nnnn3CCc3ccccc3)cc2c1. The van der Waals surface area contributed by atoms with E-state index in [4.69, 9.17) is 0 Å². The molecule has 182 valence electrons.